The minimum atomic E-state index is -0.427. The number of hydrogen-bond donors (Lipinski definition) is 0. The number of rotatable bonds is 0. The van der Waals surface area contributed by atoms with Crippen LogP contribution in [0.2, 0.25) is 0 Å². The molecule has 3 heteroatoms. The molecule has 9 heavy (non-hydrogen) atoms. The van der Waals surface area contributed by atoms with Crippen LogP contribution in [-0.4, -0.2) is 18.0 Å². The van der Waals surface area contributed by atoms with E-state index in [9.17, 15) is 0 Å². The van der Waals surface area contributed by atoms with Crippen molar-refractivity contribution in [3.05, 3.63) is 0 Å². The maximum Gasteiger partial charge on any atom is 0.394 e. The van der Waals surface area contributed by atoms with Crippen LogP contribution in [0.5, 0.6) is 0 Å². The first-order chi connectivity index (χ1) is 4.18. The number of alkyl halides is 1. The maximum absolute atomic E-state index is 5.15. The zero-order valence-corrected chi connectivity index (χ0v) is 6.48. The van der Waals surface area contributed by atoms with Crippen LogP contribution < -0.4 is 0 Å². The fourth-order valence-corrected chi connectivity index (χ4v) is 1.37. The maximum atomic E-state index is 5.15. The zero-order valence-electron chi connectivity index (χ0n) is 5.66. The highest BCUT2D eigenvalue weighted by Crippen LogP contribution is 2.16. The predicted octanol–water partition coefficient (Wildman–Crippen LogP) is 0.765. The molecule has 2 unspecified atom stereocenters. The fraction of sp³-hybridized carbons (Fsp3) is 1.00. The van der Waals surface area contributed by atoms with Crippen molar-refractivity contribution in [3.63, 3.8) is 0 Å². The molecule has 0 radical (unpaired) electrons. The van der Waals surface area contributed by atoms with Gasteiger partial charge >= 0.3 is 5.75 Å². The van der Waals surface area contributed by atoms with Crippen LogP contribution in [0, 0.1) is 11.6 Å². The van der Waals surface area contributed by atoms with Gasteiger partial charge in [-0.2, -0.15) is 0 Å². The highest BCUT2D eigenvalue weighted by atomic mass is 35.5. The minimum absolute atomic E-state index is 0.260. The van der Waals surface area contributed by atoms with Crippen LogP contribution in [0.3, 0.4) is 0 Å². The van der Waals surface area contributed by atoms with E-state index < -0.39 is 5.75 Å². The molecule has 2 atom stereocenters. The summed E-state index contributed by atoms with van der Waals surface area (Å²) in [6.45, 7) is 4.02. The smallest absolute Gasteiger partial charge is 0.300 e. The fourth-order valence-electron chi connectivity index (χ4n) is 0.990. The van der Waals surface area contributed by atoms with Crippen molar-refractivity contribution in [1.29, 1.82) is 0 Å². The number of hydrogen-bond acceptors (Lipinski definition) is 2. The standard InChI is InChI=1S/C6H12ClO2/c1-4-3-5(2)9-6(7)8-4/h4-7H,3H2,1-2H3/q+1. The predicted molar refractivity (Wildman–Crippen MR) is 30.9 cm³/mol. The van der Waals surface area contributed by atoms with Crippen molar-refractivity contribution in [2.24, 2.45) is 0 Å². The molecule has 0 bridgehead atoms. The molecule has 1 saturated heterocycles. The van der Waals surface area contributed by atoms with Crippen molar-refractivity contribution in [2.75, 3.05) is 0 Å². The van der Waals surface area contributed by atoms with Crippen molar-refractivity contribution < 1.29 is 21.1 Å². The van der Waals surface area contributed by atoms with Crippen molar-refractivity contribution in [3.8, 4) is 0 Å². The van der Waals surface area contributed by atoms with Crippen LogP contribution in [0.15, 0.2) is 0 Å². The monoisotopic (exact) mass is 151 g/mol. The van der Waals surface area contributed by atoms with Gasteiger partial charge in [-0.05, 0) is 20.3 Å². The zero-order chi connectivity index (χ0) is 6.85. The van der Waals surface area contributed by atoms with Crippen molar-refractivity contribution in [1.82, 2.24) is 0 Å². The molecule has 2 nitrogen and oxygen atoms in total. The third-order valence-corrected chi connectivity index (χ3v) is 1.57. The molecule has 54 valence electrons. The molecule has 0 aromatic rings. The quantitative estimate of drug-likeness (QED) is 0.476. The first-order valence-electron chi connectivity index (χ1n) is 3.15. The molecule has 0 N–H and O–H groups in total. The first kappa shape index (κ1) is 7.32. The normalized spacial score (nSPS) is 45.0. The third kappa shape index (κ3) is 2.12. The Labute approximate surface area is 60.1 Å². The Hall–Kier alpha value is 0.210. The Bertz CT molecular complexity index is 72.0. The Morgan fingerprint density at radius 1 is 1.22 bits per heavy atom. The molecule has 1 aliphatic rings. The van der Waals surface area contributed by atoms with Gasteiger partial charge in [0.25, 0.3) is 0 Å². The molecule has 1 heterocycles. The lowest BCUT2D eigenvalue weighted by atomic mass is 10.2. The number of halogens is 1. The highest BCUT2D eigenvalue weighted by Gasteiger charge is 2.27. The minimum Gasteiger partial charge on any atom is -0.300 e. The van der Waals surface area contributed by atoms with Gasteiger partial charge in [0.1, 0.15) is 0 Å². The lowest BCUT2D eigenvalue weighted by Crippen LogP contribution is -2.33. The topological polar surface area (TPSA) is 18.5 Å². The average Bonchev–Trinajstić information content (AvgIpc) is 1.59. The molecule has 0 aliphatic carbocycles. The van der Waals surface area contributed by atoms with E-state index in [1.165, 1.54) is 0 Å². The van der Waals surface area contributed by atoms with E-state index in [1.54, 1.807) is 0 Å². The third-order valence-electron chi connectivity index (χ3n) is 1.35. The van der Waals surface area contributed by atoms with Gasteiger partial charge in [-0.25, -0.2) is 0 Å². The van der Waals surface area contributed by atoms with Crippen LogP contribution in [0.1, 0.15) is 20.3 Å². The molecule has 1 aliphatic heterocycles. The van der Waals surface area contributed by atoms with Gasteiger partial charge in [-0.3, -0.25) is 9.47 Å². The summed E-state index contributed by atoms with van der Waals surface area (Å²) in [5.41, 5.74) is 0. The van der Waals surface area contributed by atoms with Crippen LogP contribution in [0.25, 0.3) is 0 Å². The summed E-state index contributed by atoms with van der Waals surface area (Å²) in [4.78, 5) is 0. The van der Waals surface area contributed by atoms with E-state index >= 15 is 0 Å². The lowest BCUT2D eigenvalue weighted by molar-refractivity contribution is -0.584. The van der Waals surface area contributed by atoms with Crippen LogP contribution in [0.4, 0.5) is 0 Å². The summed E-state index contributed by atoms with van der Waals surface area (Å²) in [7, 11) is 0. The molecule has 0 spiro atoms. The Morgan fingerprint density at radius 2 is 1.67 bits per heavy atom. The van der Waals surface area contributed by atoms with E-state index in [0.29, 0.717) is 0 Å². The van der Waals surface area contributed by atoms with E-state index in [1.807, 2.05) is 13.8 Å². The highest BCUT2D eigenvalue weighted by molar-refractivity contribution is 4.60. The largest absolute Gasteiger partial charge is 0.394 e. The summed E-state index contributed by atoms with van der Waals surface area (Å²) in [6.07, 6.45) is 1.47. The van der Waals surface area contributed by atoms with E-state index in [2.05, 4.69) is 0 Å². The molecule has 0 amide bonds. The molecule has 0 aromatic heterocycles. The van der Waals surface area contributed by atoms with Gasteiger partial charge in [-0.1, -0.05) is 0 Å². The molecule has 1 rings (SSSR count). The van der Waals surface area contributed by atoms with Gasteiger partial charge in [0.2, 0.25) is 0 Å². The summed E-state index contributed by atoms with van der Waals surface area (Å²) in [5.74, 6) is -0.427. The summed E-state index contributed by atoms with van der Waals surface area (Å²) in [5, 5.41) is 0. The van der Waals surface area contributed by atoms with E-state index in [4.69, 9.17) is 21.1 Å². The average molecular weight is 152 g/mol. The van der Waals surface area contributed by atoms with Gasteiger partial charge in [0, 0.05) is 0 Å². The summed E-state index contributed by atoms with van der Waals surface area (Å²) < 4.78 is 10.3. The van der Waals surface area contributed by atoms with Gasteiger partial charge in [0.15, 0.2) is 11.6 Å². The van der Waals surface area contributed by atoms with Gasteiger partial charge in [-0.15, -0.1) is 0 Å². The Balaban J connectivity index is 2.34. The molecule has 0 aromatic carbocycles. The summed E-state index contributed by atoms with van der Waals surface area (Å²) >= 11 is 4.80. The lowest BCUT2D eigenvalue weighted by Gasteiger charge is -2.24. The van der Waals surface area contributed by atoms with E-state index in [0.717, 1.165) is 6.42 Å². The number of ether oxygens (including phenoxy) is 2. The Morgan fingerprint density at radius 3 is 2.00 bits per heavy atom. The summed E-state index contributed by atoms with van der Waals surface area (Å²) in [6, 6.07) is 0. The molecular formula is C6H12ClO2+. The van der Waals surface area contributed by atoms with Crippen molar-refractivity contribution in [2.45, 2.75) is 38.2 Å². The first-order valence-corrected chi connectivity index (χ1v) is 3.62. The molecule has 1 fully saturated rings. The van der Waals surface area contributed by atoms with Gasteiger partial charge < -0.3 is 0 Å². The van der Waals surface area contributed by atoms with Crippen LogP contribution >= 0.6 is 0 Å². The second-order valence-corrected chi connectivity index (χ2v) is 2.80. The SMILES string of the molecule is CC1CC(C)OC([ClH+])O1. The van der Waals surface area contributed by atoms with Crippen LogP contribution in [-0.2, 0) is 9.47 Å². The van der Waals surface area contributed by atoms with Crippen molar-refractivity contribution >= 4 is 0 Å². The Kier molecular flexibility index (Phi) is 2.33. The second kappa shape index (κ2) is 2.86. The molecular weight excluding hydrogens is 140 g/mol. The van der Waals surface area contributed by atoms with E-state index in [-0.39, 0.29) is 12.2 Å². The van der Waals surface area contributed by atoms with Gasteiger partial charge in [0.05, 0.1) is 12.2 Å². The second-order valence-electron chi connectivity index (χ2n) is 2.42. The molecule has 0 saturated carbocycles.